The normalized spacial score (nSPS) is 13.1. The summed E-state index contributed by atoms with van der Waals surface area (Å²) in [6.07, 6.45) is 1.19. The molecule has 0 saturated heterocycles. The Kier molecular flexibility index (Phi) is 6.17. The smallest absolute Gasteiger partial charge is 0.307 e. The summed E-state index contributed by atoms with van der Waals surface area (Å²) < 4.78 is 4.77. The predicted molar refractivity (Wildman–Crippen MR) is 50.3 cm³/mol. The van der Waals surface area contributed by atoms with Gasteiger partial charge in [0, 0.05) is 5.38 Å². The third-order valence-corrected chi connectivity index (χ3v) is 1.75. The van der Waals surface area contributed by atoms with Gasteiger partial charge in [-0.15, -0.1) is 11.6 Å². The number of carbonyl (C=O) groups is 1. The number of esters is 1. The van der Waals surface area contributed by atoms with Gasteiger partial charge >= 0.3 is 5.97 Å². The van der Waals surface area contributed by atoms with Gasteiger partial charge in [-0.05, 0) is 19.3 Å². The first-order chi connectivity index (χ1) is 5.56. The standard InChI is InChI=1S/C9H17ClO2/c1-4-12-9(11)6-8(10)5-7(2)3/h7-8H,4-6H2,1-3H3. The van der Waals surface area contributed by atoms with E-state index in [9.17, 15) is 4.79 Å². The topological polar surface area (TPSA) is 26.3 Å². The molecule has 72 valence electrons. The second-order valence-electron chi connectivity index (χ2n) is 3.24. The van der Waals surface area contributed by atoms with E-state index < -0.39 is 0 Å². The van der Waals surface area contributed by atoms with Crippen LogP contribution in [0.1, 0.15) is 33.6 Å². The predicted octanol–water partition coefficient (Wildman–Crippen LogP) is 2.59. The lowest BCUT2D eigenvalue weighted by atomic mass is 10.1. The second-order valence-corrected chi connectivity index (χ2v) is 3.85. The van der Waals surface area contributed by atoms with Gasteiger partial charge in [0.05, 0.1) is 13.0 Å². The Morgan fingerprint density at radius 3 is 2.50 bits per heavy atom. The minimum atomic E-state index is -0.196. The van der Waals surface area contributed by atoms with Crippen LogP contribution < -0.4 is 0 Å². The SMILES string of the molecule is CCOC(=O)CC(Cl)CC(C)C. The lowest BCUT2D eigenvalue weighted by Gasteiger charge is -2.10. The third kappa shape index (κ3) is 6.47. The molecule has 0 aromatic heterocycles. The first-order valence-corrected chi connectivity index (χ1v) is 4.79. The molecule has 0 aliphatic carbocycles. The minimum Gasteiger partial charge on any atom is -0.466 e. The van der Waals surface area contributed by atoms with Crippen molar-refractivity contribution < 1.29 is 9.53 Å². The summed E-state index contributed by atoms with van der Waals surface area (Å²) in [6, 6.07) is 0. The highest BCUT2D eigenvalue weighted by Crippen LogP contribution is 2.14. The molecule has 0 heterocycles. The summed E-state index contributed by atoms with van der Waals surface area (Å²) in [5, 5.41) is -0.0796. The molecular weight excluding hydrogens is 176 g/mol. The zero-order valence-electron chi connectivity index (χ0n) is 7.97. The van der Waals surface area contributed by atoms with Crippen LogP contribution in [0, 0.1) is 5.92 Å². The van der Waals surface area contributed by atoms with Gasteiger partial charge in [-0.25, -0.2) is 0 Å². The van der Waals surface area contributed by atoms with Gasteiger partial charge in [-0.3, -0.25) is 4.79 Å². The van der Waals surface area contributed by atoms with Crippen molar-refractivity contribution in [2.24, 2.45) is 5.92 Å². The molecule has 1 atom stereocenters. The van der Waals surface area contributed by atoms with E-state index in [1.165, 1.54) is 0 Å². The second kappa shape index (κ2) is 6.30. The molecule has 0 spiro atoms. The molecule has 1 unspecified atom stereocenters. The number of alkyl halides is 1. The molecule has 0 rings (SSSR count). The van der Waals surface area contributed by atoms with Crippen LogP contribution in [0.15, 0.2) is 0 Å². The highest BCUT2D eigenvalue weighted by atomic mass is 35.5. The Bertz CT molecular complexity index is 134. The van der Waals surface area contributed by atoms with Crippen LogP contribution in [-0.4, -0.2) is 18.0 Å². The van der Waals surface area contributed by atoms with E-state index >= 15 is 0 Å². The summed E-state index contributed by atoms with van der Waals surface area (Å²) >= 11 is 5.91. The van der Waals surface area contributed by atoms with Gasteiger partial charge in [0.15, 0.2) is 0 Å². The van der Waals surface area contributed by atoms with Gasteiger partial charge < -0.3 is 4.74 Å². The molecule has 0 amide bonds. The van der Waals surface area contributed by atoms with E-state index in [1.807, 2.05) is 0 Å². The maximum absolute atomic E-state index is 10.9. The first-order valence-electron chi connectivity index (χ1n) is 4.36. The van der Waals surface area contributed by atoms with E-state index in [4.69, 9.17) is 16.3 Å². The van der Waals surface area contributed by atoms with Gasteiger partial charge in [0.2, 0.25) is 0 Å². The zero-order valence-corrected chi connectivity index (χ0v) is 8.73. The highest BCUT2D eigenvalue weighted by Gasteiger charge is 2.12. The molecule has 0 aromatic rings. The maximum atomic E-state index is 10.9. The van der Waals surface area contributed by atoms with Crippen LogP contribution >= 0.6 is 11.6 Å². The van der Waals surface area contributed by atoms with E-state index in [0.29, 0.717) is 18.9 Å². The molecule has 0 aromatic carbocycles. The average molecular weight is 193 g/mol. The Balaban J connectivity index is 3.54. The minimum absolute atomic E-state index is 0.0796. The third-order valence-electron chi connectivity index (χ3n) is 1.42. The molecule has 2 nitrogen and oxygen atoms in total. The highest BCUT2D eigenvalue weighted by molar-refractivity contribution is 6.21. The van der Waals surface area contributed by atoms with Crippen LogP contribution in [0.5, 0.6) is 0 Å². The number of halogens is 1. The molecule has 0 radical (unpaired) electrons. The van der Waals surface area contributed by atoms with Crippen molar-refractivity contribution in [1.29, 1.82) is 0 Å². The number of ether oxygens (including phenoxy) is 1. The molecule has 0 aliphatic heterocycles. The van der Waals surface area contributed by atoms with E-state index in [0.717, 1.165) is 6.42 Å². The fourth-order valence-corrected chi connectivity index (χ4v) is 1.48. The van der Waals surface area contributed by atoms with Gasteiger partial charge in [-0.1, -0.05) is 13.8 Å². The Morgan fingerprint density at radius 1 is 1.50 bits per heavy atom. The van der Waals surface area contributed by atoms with Crippen molar-refractivity contribution >= 4 is 17.6 Å². The summed E-state index contributed by atoms with van der Waals surface area (Å²) in [7, 11) is 0. The quantitative estimate of drug-likeness (QED) is 0.495. The lowest BCUT2D eigenvalue weighted by Crippen LogP contribution is -2.13. The van der Waals surface area contributed by atoms with Crippen LogP contribution in [0.3, 0.4) is 0 Å². The molecule has 3 heteroatoms. The molecule has 0 N–H and O–H groups in total. The maximum Gasteiger partial charge on any atom is 0.307 e. The molecular formula is C9H17ClO2. The summed E-state index contributed by atoms with van der Waals surface area (Å²) in [4.78, 5) is 10.9. The van der Waals surface area contributed by atoms with Crippen LogP contribution in [0.4, 0.5) is 0 Å². The van der Waals surface area contributed by atoms with Crippen molar-refractivity contribution in [2.75, 3.05) is 6.61 Å². The van der Waals surface area contributed by atoms with E-state index in [2.05, 4.69) is 13.8 Å². The number of rotatable bonds is 5. The number of hydrogen-bond acceptors (Lipinski definition) is 2. The Hall–Kier alpha value is -0.240. The molecule has 0 saturated carbocycles. The summed E-state index contributed by atoms with van der Waals surface area (Å²) in [5.41, 5.74) is 0. The number of carbonyl (C=O) groups excluding carboxylic acids is 1. The van der Waals surface area contributed by atoms with Crippen molar-refractivity contribution in [2.45, 2.75) is 39.0 Å². The first kappa shape index (κ1) is 11.8. The molecule has 12 heavy (non-hydrogen) atoms. The molecule has 0 bridgehead atoms. The van der Waals surface area contributed by atoms with Gasteiger partial charge in [0.25, 0.3) is 0 Å². The largest absolute Gasteiger partial charge is 0.466 e. The van der Waals surface area contributed by atoms with Gasteiger partial charge in [0.1, 0.15) is 0 Å². The fourth-order valence-electron chi connectivity index (χ4n) is 0.996. The fraction of sp³-hybridized carbons (Fsp3) is 0.889. The van der Waals surface area contributed by atoms with E-state index in [-0.39, 0.29) is 11.3 Å². The Morgan fingerprint density at radius 2 is 2.08 bits per heavy atom. The van der Waals surface area contributed by atoms with Crippen LogP contribution in [-0.2, 0) is 9.53 Å². The van der Waals surface area contributed by atoms with Crippen molar-refractivity contribution in [1.82, 2.24) is 0 Å². The molecule has 0 fully saturated rings. The number of hydrogen-bond donors (Lipinski definition) is 0. The monoisotopic (exact) mass is 192 g/mol. The zero-order chi connectivity index (χ0) is 9.56. The molecule has 0 aliphatic rings. The summed E-state index contributed by atoms with van der Waals surface area (Å²) in [5.74, 6) is 0.333. The van der Waals surface area contributed by atoms with Crippen LogP contribution in [0.2, 0.25) is 0 Å². The van der Waals surface area contributed by atoms with Crippen LogP contribution in [0.25, 0.3) is 0 Å². The van der Waals surface area contributed by atoms with E-state index in [1.54, 1.807) is 6.92 Å². The summed E-state index contributed by atoms with van der Waals surface area (Å²) in [6.45, 7) is 6.40. The van der Waals surface area contributed by atoms with Gasteiger partial charge in [-0.2, -0.15) is 0 Å². The van der Waals surface area contributed by atoms with Crippen molar-refractivity contribution in [3.8, 4) is 0 Å². The van der Waals surface area contributed by atoms with Crippen molar-refractivity contribution in [3.05, 3.63) is 0 Å². The Labute approximate surface area is 79.2 Å². The average Bonchev–Trinajstić information content (AvgIpc) is 1.84. The lowest BCUT2D eigenvalue weighted by molar-refractivity contribution is -0.143. The van der Waals surface area contributed by atoms with Crippen molar-refractivity contribution in [3.63, 3.8) is 0 Å².